The van der Waals surface area contributed by atoms with Crippen LogP contribution < -0.4 is 16.4 Å². The Morgan fingerprint density at radius 3 is 2.67 bits per heavy atom. The predicted molar refractivity (Wildman–Crippen MR) is 83.8 cm³/mol. The van der Waals surface area contributed by atoms with E-state index >= 15 is 0 Å². The van der Waals surface area contributed by atoms with E-state index in [0.717, 1.165) is 0 Å². The Balaban J connectivity index is 2.36. The quantitative estimate of drug-likeness (QED) is 0.443. The number of nitrogens with one attached hydrogen (secondary N) is 2. The van der Waals surface area contributed by atoms with Crippen LogP contribution in [0.25, 0.3) is 0 Å². The van der Waals surface area contributed by atoms with Gasteiger partial charge in [-0.3, -0.25) is 10.1 Å². The second kappa shape index (κ2) is 6.08. The summed E-state index contributed by atoms with van der Waals surface area (Å²) in [4.78, 5) is 14.9. The van der Waals surface area contributed by atoms with Crippen molar-refractivity contribution in [2.24, 2.45) is 0 Å². The molecule has 21 heavy (non-hydrogen) atoms. The van der Waals surface area contributed by atoms with Crippen LogP contribution in [0.1, 0.15) is 13.8 Å². The molecule has 0 aliphatic heterocycles. The first kappa shape index (κ1) is 14.6. The molecule has 7 heteroatoms. The topological polar surface area (TPSA) is 106 Å². The molecule has 0 unspecified atom stereocenters. The summed E-state index contributed by atoms with van der Waals surface area (Å²) < 4.78 is 0. The van der Waals surface area contributed by atoms with E-state index < -0.39 is 4.92 Å². The summed E-state index contributed by atoms with van der Waals surface area (Å²) in [6, 6.07) is 10.1. The molecule has 1 aromatic heterocycles. The lowest BCUT2D eigenvalue weighted by Crippen LogP contribution is -2.12. The van der Waals surface area contributed by atoms with Crippen molar-refractivity contribution in [1.29, 1.82) is 0 Å². The number of nitro groups is 1. The minimum absolute atomic E-state index is 0.0910. The molecule has 7 nitrogen and oxygen atoms in total. The standard InChI is InChI=1S/C14H17N5O2/c1-9(2)16-13-7-6-12(19(20)21)14(18-13)17-11-5-3-4-10(15)8-11/h3-9H,15H2,1-2H3,(H2,16,17,18). The first-order chi connectivity index (χ1) is 9.95. The van der Waals surface area contributed by atoms with Gasteiger partial charge in [-0.05, 0) is 38.1 Å². The highest BCUT2D eigenvalue weighted by molar-refractivity contribution is 5.69. The maximum atomic E-state index is 11.1. The van der Waals surface area contributed by atoms with E-state index in [2.05, 4.69) is 15.6 Å². The normalized spacial score (nSPS) is 10.4. The van der Waals surface area contributed by atoms with Crippen molar-refractivity contribution >= 4 is 28.7 Å². The summed E-state index contributed by atoms with van der Waals surface area (Å²) in [5.74, 6) is 0.748. The van der Waals surface area contributed by atoms with Gasteiger partial charge in [0, 0.05) is 23.5 Å². The fraction of sp³-hybridized carbons (Fsp3) is 0.214. The van der Waals surface area contributed by atoms with Crippen molar-refractivity contribution in [3.05, 3.63) is 46.5 Å². The summed E-state index contributed by atoms with van der Waals surface area (Å²) in [5.41, 5.74) is 6.82. The Labute approximate surface area is 122 Å². The van der Waals surface area contributed by atoms with E-state index in [1.54, 1.807) is 30.3 Å². The summed E-state index contributed by atoms with van der Waals surface area (Å²) in [7, 11) is 0. The number of nitrogens with zero attached hydrogens (tertiary/aromatic N) is 2. The van der Waals surface area contributed by atoms with E-state index in [-0.39, 0.29) is 17.5 Å². The Morgan fingerprint density at radius 2 is 2.05 bits per heavy atom. The number of hydrogen-bond donors (Lipinski definition) is 3. The monoisotopic (exact) mass is 287 g/mol. The van der Waals surface area contributed by atoms with Crippen LogP contribution in [0.5, 0.6) is 0 Å². The van der Waals surface area contributed by atoms with Crippen LogP contribution in [0.3, 0.4) is 0 Å². The molecule has 4 N–H and O–H groups in total. The van der Waals surface area contributed by atoms with Gasteiger partial charge in [-0.25, -0.2) is 4.98 Å². The summed E-state index contributed by atoms with van der Waals surface area (Å²) in [5, 5.41) is 17.1. The first-order valence-corrected chi connectivity index (χ1v) is 6.50. The van der Waals surface area contributed by atoms with E-state index in [1.807, 2.05) is 13.8 Å². The Morgan fingerprint density at radius 1 is 1.29 bits per heavy atom. The molecule has 0 aliphatic rings. The molecule has 0 aliphatic carbocycles. The third-order valence-corrected chi connectivity index (χ3v) is 2.66. The Kier molecular flexibility index (Phi) is 4.22. The molecule has 0 bridgehead atoms. The second-order valence-electron chi connectivity index (χ2n) is 4.87. The number of aromatic nitrogens is 1. The molecule has 2 rings (SSSR count). The maximum absolute atomic E-state index is 11.1. The summed E-state index contributed by atoms with van der Waals surface area (Å²) in [6.45, 7) is 3.93. The average Bonchev–Trinajstić information content (AvgIpc) is 2.37. The van der Waals surface area contributed by atoms with Crippen LogP contribution in [0, 0.1) is 10.1 Å². The molecule has 0 spiro atoms. The van der Waals surface area contributed by atoms with Gasteiger partial charge in [-0.2, -0.15) is 0 Å². The van der Waals surface area contributed by atoms with Gasteiger partial charge in [-0.15, -0.1) is 0 Å². The smallest absolute Gasteiger partial charge is 0.311 e. The maximum Gasteiger partial charge on any atom is 0.311 e. The fourth-order valence-electron chi connectivity index (χ4n) is 1.82. The number of nitrogens with two attached hydrogens (primary N) is 1. The van der Waals surface area contributed by atoms with Crippen molar-refractivity contribution < 1.29 is 4.92 Å². The van der Waals surface area contributed by atoms with Crippen molar-refractivity contribution in [3.63, 3.8) is 0 Å². The minimum Gasteiger partial charge on any atom is -0.399 e. The summed E-state index contributed by atoms with van der Waals surface area (Å²) in [6.07, 6.45) is 0. The van der Waals surface area contributed by atoms with Crippen LogP contribution in [0.4, 0.5) is 28.7 Å². The second-order valence-corrected chi connectivity index (χ2v) is 4.87. The molecule has 0 radical (unpaired) electrons. The van der Waals surface area contributed by atoms with Gasteiger partial charge in [-0.1, -0.05) is 6.07 Å². The Hall–Kier alpha value is -2.83. The highest BCUT2D eigenvalue weighted by Crippen LogP contribution is 2.28. The molecule has 0 saturated carbocycles. The molecule has 0 saturated heterocycles. The lowest BCUT2D eigenvalue weighted by molar-refractivity contribution is -0.384. The van der Waals surface area contributed by atoms with Crippen LogP contribution in [-0.4, -0.2) is 15.9 Å². The number of hydrogen-bond acceptors (Lipinski definition) is 6. The van der Waals surface area contributed by atoms with Gasteiger partial charge in [0.05, 0.1) is 4.92 Å². The molecule has 1 heterocycles. The Bertz CT molecular complexity index is 658. The van der Waals surface area contributed by atoms with Crippen LogP contribution in [-0.2, 0) is 0 Å². The van der Waals surface area contributed by atoms with Gasteiger partial charge in [0.15, 0.2) is 0 Å². The lowest BCUT2D eigenvalue weighted by atomic mass is 10.2. The molecule has 1 aromatic carbocycles. The van der Waals surface area contributed by atoms with Crippen LogP contribution in [0.2, 0.25) is 0 Å². The van der Waals surface area contributed by atoms with Crippen molar-refractivity contribution in [2.75, 3.05) is 16.4 Å². The van der Waals surface area contributed by atoms with Gasteiger partial charge in [0.1, 0.15) is 5.82 Å². The average molecular weight is 287 g/mol. The number of nitrogen functional groups attached to an aromatic ring is 1. The zero-order chi connectivity index (χ0) is 15.4. The highest BCUT2D eigenvalue weighted by atomic mass is 16.6. The fourth-order valence-corrected chi connectivity index (χ4v) is 1.82. The van der Waals surface area contributed by atoms with Gasteiger partial charge in [0.2, 0.25) is 5.82 Å². The number of pyridine rings is 1. The van der Waals surface area contributed by atoms with Gasteiger partial charge in [0.25, 0.3) is 0 Å². The zero-order valence-corrected chi connectivity index (χ0v) is 11.8. The molecule has 0 amide bonds. The van der Waals surface area contributed by atoms with Gasteiger partial charge < -0.3 is 16.4 Å². The minimum atomic E-state index is -0.471. The molecule has 0 atom stereocenters. The largest absolute Gasteiger partial charge is 0.399 e. The van der Waals surface area contributed by atoms with E-state index in [1.165, 1.54) is 6.07 Å². The van der Waals surface area contributed by atoms with Gasteiger partial charge >= 0.3 is 5.69 Å². The number of anilines is 4. The van der Waals surface area contributed by atoms with Crippen LogP contribution >= 0.6 is 0 Å². The highest BCUT2D eigenvalue weighted by Gasteiger charge is 2.16. The predicted octanol–water partition coefficient (Wildman–Crippen LogP) is 3.14. The van der Waals surface area contributed by atoms with Crippen molar-refractivity contribution in [1.82, 2.24) is 4.98 Å². The summed E-state index contributed by atoms with van der Waals surface area (Å²) >= 11 is 0. The third kappa shape index (κ3) is 3.82. The van der Waals surface area contributed by atoms with Crippen molar-refractivity contribution in [2.45, 2.75) is 19.9 Å². The third-order valence-electron chi connectivity index (χ3n) is 2.66. The van der Waals surface area contributed by atoms with E-state index in [0.29, 0.717) is 17.2 Å². The van der Waals surface area contributed by atoms with Crippen LogP contribution in [0.15, 0.2) is 36.4 Å². The number of benzene rings is 1. The lowest BCUT2D eigenvalue weighted by Gasteiger charge is -2.12. The molecular formula is C14H17N5O2. The molecule has 0 fully saturated rings. The first-order valence-electron chi connectivity index (χ1n) is 6.50. The SMILES string of the molecule is CC(C)Nc1ccc([N+](=O)[O-])c(Nc2cccc(N)c2)n1. The van der Waals surface area contributed by atoms with Crippen molar-refractivity contribution in [3.8, 4) is 0 Å². The molecule has 110 valence electrons. The molecule has 2 aromatic rings. The van der Waals surface area contributed by atoms with E-state index in [4.69, 9.17) is 5.73 Å². The zero-order valence-electron chi connectivity index (χ0n) is 11.8. The number of rotatable bonds is 5. The van der Waals surface area contributed by atoms with E-state index in [9.17, 15) is 10.1 Å². The molecular weight excluding hydrogens is 270 g/mol.